The van der Waals surface area contributed by atoms with E-state index in [0.29, 0.717) is 18.3 Å². The van der Waals surface area contributed by atoms with Crippen LogP contribution in [-0.4, -0.2) is 29.2 Å². The number of hydrogen-bond acceptors (Lipinski definition) is 3. The molecule has 0 radical (unpaired) electrons. The maximum Gasteiger partial charge on any atom is 0.0950 e. The van der Waals surface area contributed by atoms with E-state index in [1.807, 2.05) is 31.2 Å². The average Bonchev–Trinajstić information content (AvgIpc) is 2.45. The molecule has 0 amide bonds. The van der Waals surface area contributed by atoms with Crippen molar-refractivity contribution in [2.24, 2.45) is 5.92 Å². The molecule has 1 aromatic rings. The Morgan fingerprint density at radius 1 is 1.52 bits per heavy atom. The van der Waals surface area contributed by atoms with Crippen molar-refractivity contribution in [2.45, 2.75) is 56.1 Å². The normalized spacial score (nSPS) is 27.5. The number of benzene rings is 1. The van der Waals surface area contributed by atoms with Gasteiger partial charge in [-0.1, -0.05) is 37.4 Å². The number of thioether (sulfide) groups is 1. The zero-order valence-corrected chi connectivity index (χ0v) is 14.4. The summed E-state index contributed by atoms with van der Waals surface area (Å²) in [6.07, 6.45) is 3.85. The summed E-state index contributed by atoms with van der Waals surface area (Å²) in [5, 5.41) is 11.5. The minimum absolute atomic E-state index is 0.363. The van der Waals surface area contributed by atoms with Gasteiger partial charge in [0.1, 0.15) is 0 Å². The average molecular weight is 329 g/mol. The Kier molecular flexibility index (Phi) is 6.42. The first-order valence-corrected chi connectivity index (χ1v) is 9.12. The topological polar surface area (TPSA) is 29.5 Å². The van der Waals surface area contributed by atoms with E-state index in [4.69, 9.17) is 16.3 Å². The summed E-state index contributed by atoms with van der Waals surface area (Å²) in [6.45, 7) is 4.92. The second-order valence-electron chi connectivity index (χ2n) is 5.98. The summed E-state index contributed by atoms with van der Waals surface area (Å²) in [5.41, 5.74) is -0.363. The van der Waals surface area contributed by atoms with Gasteiger partial charge in [0.15, 0.2) is 0 Å². The lowest BCUT2D eigenvalue weighted by Crippen LogP contribution is -2.49. The smallest absolute Gasteiger partial charge is 0.0950 e. The van der Waals surface area contributed by atoms with Gasteiger partial charge in [0, 0.05) is 22.3 Å². The predicted octanol–water partition coefficient (Wildman–Crippen LogP) is 4.78. The standard InChI is InChI=1S/C17H25ClO2S/c1-3-20-17(9-5-6-13(2)11-17)16(19)12-21-15-8-4-7-14(18)10-15/h4,7-8,10,13,16,19H,3,5-6,9,11-12H2,1-2H3. The summed E-state index contributed by atoms with van der Waals surface area (Å²) in [5.74, 6) is 1.27. The molecular weight excluding hydrogens is 304 g/mol. The van der Waals surface area contributed by atoms with Gasteiger partial charge in [-0.3, -0.25) is 0 Å². The van der Waals surface area contributed by atoms with Crippen LogP contribution in [0.3, 0.4) is 0 Å². The van der Waals surface area contributed by atoms with Crippen LogP contribution in [0, 0.1) is 5.92 Å². The number of aliphatic hydroxyl groups excluding tert-OH is 1. The molecule has 0 aromatic heterocycles. The molecule has 3 unspecified atom stereocenters. The first kappa shape index (κ1) is 17.1. The highest BCUT2D eigenvalue weighted by Gasteiger charge is 2.41. The van der Waals surface area contributed by atoms with Crippen molar-refractivity contribution >= 4 is 23.4 Å². The summed E-state index contributed by atoms with van der Waals surface area (Å²) >= 11 is 7.65. The molecule has 0 spiro atoms. The van der Waals surface area contributed by atoms with Gasteiger partial charge in [0.05, 0.1) is 11.7 Å². The van der Waals surface area contributed by atoms with Crippen LogP contribution < -0.4 is 0 Å². The lowest BCUT2D eigenvalue weighted by Gasteiger charge is -2.43. The highest BCUT2D eigenvalue weighted by atomic mass is 35.5. The van der Waals surface area contributed by atoms with E-state index in [0.717, 1.165) is 29.2 Å². The molecule has 1 saturated carbocycles. The van der Waals surface area contributed by atoms with E-state index in [2.05, 4.69) is 6.92 Å². The third kappa shape index (κ3) is 4.62. The highest BCUT2D eigenvalue weighted by Crippen LogP contribution is 2.39. The van der Waals surface area contributed by atoms with Gasteiger partial charge in [-0.25, -0.2) is 0 Å². The minimum Gasteiger partial charge on any atom is -0.389 e. The molecular formula is C17H25ClO2S. The minimum atomic E-state index is -0.441. The van der Waals surface area contributed by atoms with Crippen molar-refractivity contribution in [2.75, 3.05) is 12.4 Å². The van der Waals surface area contributed by atoms with E-state index in [9.17, 15) is 5.11 Å². The van der Waals surface area contributed by atoms with Crippen molar-refractivity contribution < 1.29 is 9.84 Å². The lowest BCUT2D eigenvalue weighted by atomic mass is 9.76. The maximum absolute atomic E-state index is 10.7. The number of halogens is 1. The molecule has 1 aliphatic carbocycles. The Labute approximate surface area is 137 Å². The zero-order valence-electron chi connectivity index (χ0n) is 12.8. The van der Waals surface area contributed by atoms with Gasteiger partial charge in [0.25, 0.3) is 0 Å². The van der Waals surface area contributed by atoms with E-state index < -0.39 is 6.10 Å². The third-order valence-electron chi connectivity index (χ3n) is 4.23. The number of aliphatic hydroxyl groups is 1. The molecule has 1 N–H and O–H groups in total. The van der Waals surface area contributed by atoms with Crippen molar-refractivity contribution in [1.29, 1.82) is 0 Å². The van der Waals surface area contributed by atoms with Crippen molar-refractivity contribution in [3.63, 3.8) is 0 Å². The fraction of sp³-hybridized carbons (Fsp3) is 0.647. The quantitative estimate of drug-likeness (QED) is 0.762. The van der Waals surface area contributed by atoms with E-state index >= 15 is 0 Å². The summed E-state index contributed by atoms with van der Waals surface area (Å²) in [7, 11) is 0. The SMILES string of the molecule is CCOC1(C(O)CSc2cccc(Cl)c2)CCCC(C)C1. The summed E-state index contributed by atoms with van der Waals surface area (Å²) in [6, 6.07) is 7.78. The third-order valence-corrected chi connectivity index (χ3v) is 5.54. The first-order chi connectivity index (χ1) is 10.1. The van der Waals surface area contributed by atoms with Crippen molar-refractivity contribution in [3.8, 4) is 0 Å². The molecule has 2 nitrogen and oxygen atoms in total. The largest absolute Gasteiger partial charge is 0.389 e. The maximum atomic E-state index is 10.7. The summed E-state index contributed by atoms with van der Waals surface area (Å²) in [4.78, 5) is 1.09. The van der Waals surface area contributed by atoms with Crippen LogP contribution in [0.5, 0.6) is 0 Å². The Morgan fingerprint density at radius 3 is 3.00 bits per heavy atom. The van der Waals surface area contributed by atoms with Crippen LogP contribution in [0.1, 0.15) is 39.5 Å². The molecule has 0 aliphatic heterocycles. The number of rotatable bonds is 6. The molecule has 2 rings (SSSR count). The molecule has 4 heteroatoms. The lowest BCUT2D eigenvalue weighted by molar-refractivity contribution is -0.139. The Bertz CT molecular complexity index is 450. The monoisotopic (exact) mass is 328 g/mol. The molecule has 3 atom stereocenters. The van der Waals surface area contributed by atoms with Crippen LogP contribution in [0.4, 0.5) is 0 Å². The number of ether oxygens (including phenoxy) is 1. The molecule has 118 valence electrons. The molecule has 1 aromatic carbocycles. The molecule has 0 saturated heterocycles. The van der Waals surface area contributed by atoms with Crippen LogP contribution in [0.25, 0.3) is 0 Å². The van der Waals surface area contributed by atoms with Crippen LogP contribution in [0.2, 0.25) is 5.02 Å². The fourth-order valence-electron chi connectivity index (χ4n) is 3.24. The molecule has 1 fully saturated rings. The van der Waals surface area contributed by atoms with Crippen molar-refractivity contribution in [3.05, 3.63) is 29.3 Å². The van der Waals surface area contributed by atoms with Crippen molar-refractivity contribution in [1.82, 2.24) is 0 Å². The molecule has 1 aliphatic rings. The van der Waals surface area contributed by atoms with E-state index in [-0.39, 0.29) is 5.60 Å². The fourth-order valence-corrected chi connectivity index (χ4v) is 4.54. The van der Waals surface area contributed by atoms with Crippen LogP contribution in [0.15, 0.2) is 29.2 Å². The van der Waals surface area contributed by atoms with E-state index in [1.54, 1.807) is 11.8 Å². The molecule has 0 bridgehead atoms. The van der Waals surface area contributed by atoms with Gasteiger partial charge in [0.2, 0.25) is 0 Å². The Hall–Kier alpha value is -0.220. The van der Waals surface area contributed by atoms with Gasteiger partial charge < -0.3 is 9.84 Å². The van der Waals surface area contributed by atoms with Gasteiger partial charge in [-0.15, -0.1) is 11.8 Å². The predicted molar refractivity (Wildman–Crippen MR) is 90.2 cm³/mol. The Morgan fingerprint density at radius 2 is 2.33 bits per heavy atom. The van der Waals surface area contributed by atoms with E-state index in [1.165, 1.54) is 6.42 Å². The van der Waals surface area contributed by atoms with Gasteiger partial charge in [-0.2, -0.15) is 0 Å². The Balaban J connectivity index is 2.00. The number of hydrogen-bond donors (Lipinski definition) is 1. The first-order valence-electron chi connectivity index (χ1n) is 7.76. The summed E-state index contributed by atoms with van der Waals surface area (Å²) < 4.78 is 6.03. The second-order valence-corrected chi connectivity index (χ2v) is 7.51. The van der Waals surface area contributed by atoms with Crippen LogP contribution >= 0.6 is 23.4 Å². The molecule has 21 heavy (non-hydrogen) atoms. The second kappa shape index (κ2) is 7.87. The molecule has 0 heterocycles. The van der Waals surface area contributed by atoms with Gasteiger partial charge in [-0.05, 0) is 43.9 Å². The van der Waals surface area contributed by atoms with Crippen LogP contribution in [-0.2, 0) is 4.74 Å². The zero-order chi connectivity index (χ0) is 15.3. The van der Waals surface area contributed by atoms with Gasteiger partial charge >= 0.3 is 0 Å². The highest BCUT2D eigenvalue weighted by molar-refractivity contribution is 7.99.